The van der Waals surface area contributed by atoms with Crippen LogP contribution >= 0.6 is 23.2 Å². The largest absolute Gasteiger partial charge is 0.504 e. The minimum Gasteiger partial charge on any atom is -0.504 e. The third-order valence-electron chi connectivity index (χ3n) is 4.79. The molecule has 1 unspecified atom stereocenters. The predicted molar refractivity (Wildman–Crippen MR) is 118 cm³/mol. The van der Waals surface area contributed by atoms with Gasteiger partial charge in [-0.3, -0.25) is 4.79 Å². The van der Waals surface area contributed by atoms with E-state index < -0.39 is 23.3 Å². The van der Waals surface area contributed by atoms with Crippen molar-refractivity contribution in [3.05, 3.63) is 86.4 Å². The van der Waals surface area contributed by atoms with E-state index in [1.54, 1.807) is 19.1 Å². The van der Waals surface area contributed by atoms with Crippen LogP contribution in [0.25, 0.3) is 0 Å². The number of carbonyl (C=O) groups excluding carboxylic acids is 1. The Kier molecular flexibility index (Phi) is 6.21. The number of rotatable bonds is 4. The molecular formula is C23H18Cl2N2O3. The lowest BCUT2D eigenvalue weighted by Gasteiger charge is -2.16. The lowest BCUT2D eigenvalue weighted by atomic mass is 9.90. The monoisotopic (exact) mass is 440 g/mol. The fourth-order valence-electron chi connectivity index (χ4n) is 3.07. The zero-order valence-corrected chi connectivity index (χ0v) is 17.7. The van der Waals surface area contributed by atoms with Gasteiger partial charge in [0.15, 0.2) is 11.5 Å². The van der Waals surface area contributed by atoms with Gasteiger partial charge in [0.2, 0.25) is 0 Å². The Labute approximate surface area is 184 Å². The first kappa shape index (κ1) is 21.5. The quantitative estimate of drug-likeness (QED) is 0.438. The zero-order valence-electron chi connectivity index (χ0n) is 16.2. The Balaban J connectivity index is 1.93. The average Bonchev–Trinajstić information content (AvgIpc) is 2.71. The highest BCUT2D eigenvalue weighted by Gasteiger charge is 2.21. The fourth-order valence-corrected chi connectivity index (χ4v) is 3.50. The summed E-state index contributed by atoms with van der Waals surface area (Å²) in [4.78, 5) is 12.6. The summed E-state index contributed by atoms with van der Waals surface area (Å²) in [6.07, 6.45) is 0. The molecule has 3 aromatic carbocycles. The molecule has 3 rings (SSSR count). The number of anilines is 1. The van der Waals surface area contributed by atoms with Crippen molar-refractivity contribution in [3.63, 3.8) is 0 Å². The molecule has 0 heterocycles. The molecule has 30 heavy (non-hydrogen) atoms. The van der Waals surface area contributed by atoms with Crippen LogP contribution in [0.1, 0.15) is 38.5 Å². The fraction of sp³-hybridized carbons (Fsp3) is 0.130. The number of nitriles is 1. The molecule has 3 aromatic rings. The van der Waals surface area contributed by atoms with Crippen molar-refractivity contribution >= 4 is 34.8 Å². The number of nitrogens with zero attached hydrogens (tertiary/aromatic N) is 1. The summed E-state index contributed by atoms with van der Waals surface area (Å²) in [5.74, 6) is -2.37. The van der Waals surface area contributed by atoms with E-state index in [1.807, 2.05) is 31.2 Å². The van der Waals surface area contributed by atoms with Crippen LogP contribution in [-0.4, -0.2) is 16.1 Å². The Hall–Kier alpha value is -3.20. The van der Waals surface area contributed by atoms with Gasteiger partial charge in [-0.15, -0.1) is 0 Å². The van der Waals surface area contributed by atoms with E-state index >= 15 is 0 Å². The third-order valence-corrected chi connectivity index (χ3v) is 5.42. The maximum atomic E-state index is 12.6. The first-order valence-corrected chi connectivity index (χ1v) is 9.76. The van der Waals surface area contributed by atoms with Gasteiger partial charge in [0.1, 0.15) is 0 Å². The Morgan fingerprint density at radius 3 is 2.30 bits per heavy atom. The molecule has 7 heteroatoms. The van der Waals surface area contributed by atoms with Crippen molar-refractivity contribution in [2.24, 2.45) is 0 Å². The number of phenols is 2. The van der Waals surface area contributed by atoms with Gasteiger partial charge >= 0.3 is 0 Å². The topological polar surface area (TPSA) is 93.4 Å². The smallest absolute Gasteiger partial charge is 0.259 e. The second-order valence-electron chi connectivity index (χ2n) is 6.91. The van der Waals surface area contributed by atoms with Crippen LogP contribution in [0.3, 0.4) is 0 Å². The molecule has 0 bridgehead atoms. The van der Waals surface area contributed by atoms with Crippen molar-refractivity contribution in [2.75, 3.05) is 5.32 Å². The number of phenolic OH excluding ortho intramolecular Hbond substituents is 2. The molecule has 0 fully saturated rings. The first-order chi connectivity index (χ1) is 14.2. The van der Waals surface area contributed by atoms with Gasteiger partial charge in [0.25, 0.3) is 5.91 Å². The maximum Gasteiger partial charge on any atom is 0.259 e. The van der Waals surface area contributed by atoms with Gasteiger partial charge in [-0.1, -0.05) is 59.1 Å². The second-order valence-corrected chi connectivity index (χ2v) is 7.72. The van der Waals surface area contributed by atoms with E-state index in [-0.39, 0.29) is 10.6 Å². The summed E-state index contributed by atoms with van der Waals surface area (Å²) in [6, 6.07) is 15.9. The lowest BCUT2D eigenvalue weighted by molar-refractivity contribution is 0.102. The molecule has 0 saturated carbocycles. The highest BCUT2D eigenvalue weighted by molar-refractivity contribution is 6.32. The second kappa shape index (κ2) is 8.66. The lowest BCUT2D eigenvalue weighted by Crippen LogP contribution is -2.13. The Morgan fingerprint density at radius 2 is 1.67 bits per heavy atom. The summed E-state index contributed by atoms with van der Waals surface area (Å²) in [7, 11) is 0. The number of benzene rings is 3. The van der Waals surface area contributed by atoms with Crippen LogP contribution in [0.5, 0.6) is 11.5 Å². The summed E-state index contributed by atoms with van der Waals surface area (Å²) in [6.45, 7) is 3.75. The number of hydrogen-bond acceptors (Lipinski definition) is 4. The van der Waals surface area contributed by atoms with Crippen molar-refractivity contribution in [1.82, 2.24) is 0 Å². The highest BCUT2D eigenvalue weighted by Crippen LogP contribution is 2.37. The van der Waals surface area contributed by atoms with Crippen molar-refractivity contribution in [3.8, 4) is 17.6 Å². The minimum absolute atomic E-state index is 0.0636. The van der Waals surface area contributed by atoms with Crippen LogP contribution in [-0.2, 0) is 0 Å². The maximum absolute atomic E-state index is 12.6. The standard InChI is InChI=1S/C23H18Cl2N2O3/c1-12-3-5-14(6-4-12)17(11-26)16-9-13(2)20(10-19(16)25)27-23(30)15-7-8-18(24)22(29)21(15)28/h3-10,17,28-29H,1-2H3,(H,27,30). The number of nitrogens with one attached hydrogen (secondary N) is 1. The van der Waals surface area contributed by atoms with Crippen LogP contribution < -0.4 is 5.32 Å². The van der Waals surface area contributed by atoms with Gasteiger partial charge in [-0.25, -0.2) is 0 Å². The minimum atomic E-state index is -0.637. The molecular weight excluding hydrogens is 423 g/mol. The Bertz CT molecular complexity index is 1170. The molecule has 1 atom stereocenters. The van der Waals surface area contributed by atoms with Crippen LogP contribution in [0.15, 0.2) is 48.5 Å². The van der Waals surface area contributed by atoms with E-state index in [9.17, 15) is 20.3 Å². The van der Waals surface area contributed by atoms with E-state index in [4.69, 9.17) is 23.2 Å². The predicted octanol–water partition coefficient (Wildman–Crippen LogP) is 5.93. The van der Waals surface area contributed by atoms with Crippen molar-refractivity contribution < 1.29 is 15.0 Å². The highest BCUT2D eigenvalue weighted by atomic mass is 35.5. The molecule has 0 aliphatic rings. The molecule has 0 aromatic heterocycles. The first-order valence-electron chi connectivity index (χ1n) is 9.01. The SMILES string of the molecule is Cc1ccc(C(C#N)c2cc(C)c(NC(=O)c3ccc(Cl)c(O)c3O)cc2Cl)cc1. The van der Waals surface area contributed by atoms with Crippen molar-refractivity contribution in [1.29, 1.82) is 5.26 Å². The summed E-state index contributed by atoms with van der Waals surface area (Å²) in [5.41, 5.74) is 3.52. The van der Waals surface area contributed by atoms with Gasteiger partial charge in [0.05, 0.1) is 22.6 Å². The van der Waals surface area contributed by atoms with Gasteiger partial charge in [-0.2, -0.15) is 5.26 Å². The van der Waals surface area contributed by atoms with Crippen LogP contribution in [0.4, 0.5) is 5.69 Å². The van der Waals surface area contributed by atoms with E-state index in [0.29, 0.717) is 21.8 Å². The molecule has 5 nitrogen and oxygen atoms in total. The zero-order chi connectivity index (χ0) is 22.0. The summed E-state index contributed by atoms with van der Waals surface area (Å²) < 4.78 is 0. The number of aryl methyl sites for hydroxylation is 2. The van der Waals surface area contributed by atoms with E-state index in [1.165, 1.54) is 12.1 Å². The average molecular weight is 441 g/mol. The molecule has 0 aliphatic heterocycles. The molecule has 1 amide bonds. The number of aromatic hydroxyl groups is 2. The molecule has 0 saturated heterocycles. The number of amides is 1. The van der Waals surface area contributed by atoms with E-state index in [0.717, 1.165) is 11.1 Å². The van der Waals surface area contributed by atoms with Gasteiger partial charge in [0, 0.05) is 10.7 Å². The number of hydrogen-bond donors (Lipinski definition) is 3. The Morgan fingerprint density at radius 1 is 1.00 bits per heavy atom. The normalized spacial score (nSPS) is 11.6. The molecule has 0 spiro atoms. The van der Waals surface area contributed by atoms with E-state index in [2.05, 4.69) is 11.4 Å². The molecule has 3 N–H and O–H groups in total. The van der Waals surface area contributed by atoms with Crippen molar-refractivity contribution in [2.45, 2.75) is 19.8 Å². The molecule has 0 radical (unpaired) electrons. The van der Waals surface area contributed by atoms with Crippen LogP contribution in [0.2, 0.25) is 10.0 Å². The summed E-state index contributed by atoms with van der Waals surface area (Å²) >= 11 is 12.2. The van der Waals surface area contributed by atoms with Gasteiger partial charge in [-0.05, 0) is 48.7 Å². The summed E-state index contributed by atoms with van der Waals surface area (Å²) in [5, 5.41) is 32.4. The number of halogens is 2. The number of carbonyl (C=O) groups is 1. The third kappa shape index (κ3) is 4.20. The molecule has 152 valence electrons. The van der Waals surface area contributed by atoms with Gasteiger partial charge < -0.3 is 15.5 Å². The molecule has 0 aliphatic carbocycles. The van der Waals surface area contributed by atoms with Crippen LogP contribution in [0, 0.1) is 25.2 Å².